The van der Waals surface area contributed by atoms with Crippen molar-refractivity contribution in [1.82, 2.24) is 0 Å². The molecule has 2 rings (SSSR count). The molecule has 0 spiro atoms. The average Bonchev–Trinajstić information content (AvgIpc) is 2.68. The van der Waals surface area contributed by atoms with Crippen LogP contribution in [0.1, 0.15) is 18.1 Å². The number of primary amides is 1. The molecule has 5 N–H and O–H groups in total. The molecule has 0 heterocycles. The van der Waals surface area contributed by atoms with Crippen LogP contribution < -0.4 is 16.8 Å². The number of fused-ring (bicyclic) bond motifs is 1. The Labute approximate surface area is 111 Å². The number of nitrogens with two attached hydrogens (primary N) is 2. The Kier molecular flexibility index (Phi) is 3.25. The lowest BCUT2D eigenvalue weighted by atomic mass is 10.1. The highest BCUT2D eigenvalue weighted by Gasteiger charge is 2.12. The lowest BCUT2D eigenvalue weighted by Crippen LogP contribution is -2.21. The van der Waals surface area contributed by atoms with Gasteiger partial charge in [0.1, 0.15) is 11.9 Å². The molecule has 0 fully saturated rings. The first-order valence-corrected chi connectivity index (χ1v) is 5.78. The van der Waals surface area contributed by atoms with Gasteiger partial charge in [0.05, 0.1) is 0 Å². The third-order valence-corrected chi connectivity index (χ3v) is 2.92. The highest BCUT2D eigenvalue weighted by Crippen LogP contribution is 2.27. The predicted octanol–water partition coefficient (Wildman–Crippen LogP) is 1.24. The zero-order valence-corrected chi connectivity index (χ0v) is 10.5. The van der Waals surface area contributed by atoms with E-state index >= 15 is 0 Å². The van der Waals surface area contributed by atoms with Gasteiger partial charge < -0.3 is 16.8 Å². The monoisotopic (exact) mass is 254 g/mol. The minimum absolute atomic E-state index is 0.0337. The Morgan fingerprint density at radius 2 is 2.16 bits per heavy atom. The molecule has 1 amide bonds. The first kappa shape index (κ1) is 12.7. The molecule has 0 radical (unpaired) electrons. The summed E-state index contributed by atoms with van der Waals surface area (Å²) < 4.78 is 0. The van der Waals surface area contributed by atoms with Crippen LogP contribution in [0.15, 0.2) is 35.2 Å². The van der Waals surface area contributed by atoms with Gasteiger partial charge in [-0.05, 0) is 36.6 Å². The molecule has 5 nitrogen and oxygen atoms in total. The van der Waals surface area contributed by atoms with Crippen molar-refractivity contribution >= 4 is 17.7 Å². The zero-order valence-electron chi connectivity index (χ0n) is 10.5. The molecule has 19 heavy (non-hydrogen) atoms. The summed E-state index contributed by atoms with van der Waals surface area (Å²) in [6.07, 6.45) is 3.05. The molecule has 0 saturated heterocycles. The summed E-state index contributed by atoms with van der Waals surface area (Å²) in [6, 6.07) is 7.46. The molecule has 0 unspecified atom stereocenters. The molecule has 0 saturated carbocycles. The third-order valence-electron chi connectivity index (χ3n) is 2.92. The van der Waals surface area contributed by atoms with Crippen molar-refractivity contribution in [2.45, 2.75) is 13.3 Å². The Hall–Kier alpha value is -2.74. The number of hydrogen-bond donors (Lipinski definition) is 3. The number of amides is 1. The molecule has 0 atom stereocenters. The van der Waals surface area contributed by atoms with Gasteiger partial charge in [-0.25, -0.2) is 0 Å². The largest absolute Gasteiger partial charge is 0.384 e. The van der Waals surface area contributed by atoms with Crippen LogP contribution in [0.2, 0.25) is 0 Å². The summed E-state index contributed by atoms with van der Waals surface area (Å²) >= 11 is 0. The van der Waals surface area contributed by atoms with Crippen LogP contribution in [-0.2, 0) is 11.2 Å². The molecule has 1 aromatic carbocycles. The fraction of sp³-hybridized carbons (Fsp3) is 0.143. The number of benzene rings is 1. The molecule has 0 aromatic heterocycles. The van der Waals surface area contributed by atoms with Gasteiger partial charge >= 0.3 is 0 Å². The molecule has 0 aliphatic heterocycles. The first-order chi connectivity index (χ1) is 9.01. The zero-order chi connectivity index (χ0) is 14.0. The SMILES string of the molecule is CC1=Cc2cc(N/C(N)=C(\C#N)C(N)=O)ccc2C1. The van der Waals surface area contributed by atoms with Crippen molar-refractivity contribution < 1.29 is 4.79 Å². The predicted molar refractivity (Wildman–Crippen MR) is 73.4 cm³/mol. The van der Waals surface area contributed by atoms with E-state index in [1.807, 2.05) is 18.2 Å². The number of nitrogens with zero attached hydrogens (tertiary/aromatic N) is 1. The van der Waals surface area contributed by atoms with Gasteiger partial charge in [0, 0.05) is 5.69 Å². The molecule has 0 bridgehead atoms. The summed E-state index contributed by atoms with van der Waals surface area (Å²) in [7, 11) is 0. The van der Waals surface area contributed by atoms with Crippen molar-refractivity contribution in [2.75, 3.05) is 5.32 Å². The maximum atomic E-state index is 11.0. The highest BCUT2D eigenvalue weighted by molar-refractivity contribution is 5.97. The Bertz CT molecular complexity index is 650. The number of allylic oxidation sites excluding steroid dienone is 1. The quantitative estimate of drug-likeness (QED) is 0.557. The van der Waals surface area contributed by atoms with Gasteiger partial charge in [0.15, 0.2) is 5.57 Å². The maximum Gasteiger partial charge on any atom is 0.263 e. The van der Waals surface area contributed by atoms with E-state index in [1.165, 1.54) is 11.1 Å². The Morgan fingerprint density at radius 3 is 2.79 bits per heavy atom. The van der Waals surface area contributed by atoms with Gasteiger partial charge in [0.2, 0.25) is 0 Å². The molecule has 96 valence electrons. The normalized spacial score (nSPS) is 14.0. The molecule has 1 aliphatic carbocycles. The minimum atomic E-state index is -0.843. The van der Waals surface area contributed by atoms with Crippen molar-refractivity contribution in [3.05, 3.63) is 46.3 Å². The molecule has 1 aromatic rings. The summed E-state index contributed by atoms with van der Waals surface area (Å²) in [4.78, 5) is 11.0. The standard InChI is InChI=1S/C14H14N4O/c1-8-4-9-2-3-11(6-10(9)5-8)18-13(16)12(7-15)14(17)19/h2-3,5-6,18H,4,16H2,1H3,(H2,17,19)/b13-12+. The lowest BCUT2D eigenvalue weighted by Gasteiger charge is -2.09. The summed E-state index contributed by atoms with van der Waals surface area (Å²) in [5.41, 5.74) is 14.8. The molecular formula is C14H14N4O. The van der Waals surface area contributed by atoms with Gasteiger partial charge in [0.25, 0.3) is 5.91 Å². The summed E-state index contributed by atoms with van der Waals surface area (Å²) in [6.45, 7) is 2.07. The van der Waals surface area contributed by atoms with Crippen LogP contribution in [0.25, 0.3) is 6.08 Å². The van der Waals surface area contributed by atoms with Gasteiger partial charge in [-0.15, -0.1) is 0 Å². The van der Waals surface area contributed by atoms with Crippen LogP contribution in [0.5, 0.6) is 0 Å². The second-order valence-corrected chi connectivity index (χ2v) is 4.47. The van der Waals surface area contributed by atoms with E-state index in [2.05, 4.69) is 18.3 Å². The Morgan fingerprint density at radius 1 is 1.42 bits per heavy atom. The van der Waals surface area contributed by atoms with E-state index in [0.717, 1.165) is 17.7 Å². The maximum absolute atomic E-state index is 11.0. The topological polar surface area (TPSA) is 105 Å². The van der Waals surface area contributed by atoms with Gasteiger partial charge in [-0.1, -0.05) is 17.7 Å². The number of nitrogens with one attached hydrogen (secondary N) is 1. The fourth-order valence-corrected chi connectivity index (χ4v) is 2.05. The lowest BCUT2D eigenvalue weighted by molar-refractivity contribution is -0.114. The van der Waals surface area contributed by atoms with Crippen LogP contribution in [-0.4, -0.2) is 5.91 Å². The molecule has 5 heteroatoms. The van der Waals surface area contributed by atoms with Crippen LogP contribution in [0.3, 0.4) is 0 Å². The number of carbonyl (C=O) groups excluding carboxylic acids is 1. The average molecular weight is 254 g/mol. The van der Waals surface area contributed by atoms with Crippen LogP contribution >= 0.6 is 0 Å². The fourth-order valence-electron chi connectivity index (χ4n) is 2.05. The van der Waals surface area contributed by atoms with Crippen LogP contribution in [0.4, 0.5) is 5.69 Å². The molecule has 1 aliphatic rings. The number of nitriles is 1. The third kappa shape index (κ3) is 2.58. The summed E-state index contributed by atoms with van der Waals surface area (Å²) in [5.74, 6) is -0.877. The van der Waals surface area contributed by atoms with E-state index in [9.17, 15) is 4.79 Å². The van der Waals surface area contributed by atoms with E-state index in [0.29, 0.717) is 0 Å². The van der Waals surface area contributed by atoms with E-state index in [-0.39, 0.29) is 11.4 Å². The number of rotatable bonds is 3. The van der Waals surface area contributed by atoms with Crippen LogP contribution in [0, 0.1) is 11.3 Å². The highest BCUT2D eigenvalue weighted by atomic mass is 16.1. The van der Waals surface area contributed by atoms with Crippen molar-refractivity contribution in [1.29, 1.82) is 5.26 Å². The minimum Gasteiger partial charge on any atom is -0.384 e. The summed E-state index contributed by atoms with van der Waals surface area (Å²) in [5, 5.41) is 11.6. The second-order valence-electron chi connectivity index (χ2n) is 4.47. The van der Waals surface area contributed by atoms with Crippen molar-refractivity contribution in [2.24, 2.45) is 11.5 Å². The first-order valence-electron chi connectivity index (χ1n) is 5.78. The van der Waals surface area contributed by atoms with E-state index in [1.54, 1.807) is 6.07 Å². The number of carbonyl (C=O) groups is 1. The van der Waals surface area contributed by atoms with E-state index in [4.69, 9.17) is 16.7 Å². The smallest absolute Gasteiger partial charge is 0.263 e. The number of hydrogen-bond acceptors (Lipinski definition) is 4. The number of anilines is 1. The van der Waals surface area contributed by atoms with Gasteiger partial charge in [-0.3, -0.25) is 4.79 Å². The van der Waals surface area contributed by atoms with Gasteiger partial charge in [-0.2, -0.15) is 5.26 Å². The Balaban J connectivity index is 2.29. The van der Waals surface area contributed by atoms with Crippen molar-refractivity contribution in [3.8, 4) is 6.07 Å². The van der Waals surface area contributed by atoms with Crippen molar-refractivity contribution in [3.63, 3.8) is 0 Å². The molecular weight excluding hydrogens is 240 g/mol. The van der Waals surface area contributed by atoms with E-state index < -0.39 is 5.91 Å². The second kappa shape index (κ2) is 4.86.